The van der Waals surface area contributed by atoms with Crippen molar-refractivity contribution in [3.8, 4) is 0 Å². The molecule has 104 valence electrons. The number of likely N-dealkylation sites (N-methyl/N-ethyl adjacent to an activating group) is 1. The first-order valence-corrected chi connectivity index (χ1v) is 6.75. The Labute approximate surface area is 116 Å². The molecule has 0 bridgehead atoms. The Hall–Kier alpha value is -2.17. The number of ketones is 1. The highest BCUT2D eigenvalue weighted by molar-refractivity contribution is 6.07. The summed E-state index contributed by atoms with van der Waals surface area (Å²) in [5.41, 5.74) is 1.40. The standard InChI is InChI=1S/C15H16N2O3/c1-17-7-6-12(15(17)20)16-14(19)11-8-13(18)10-5-3-2-4-9(10)11/h2-5,11-12H,6-8H2,1H3,(H,16,19)/t11-,12+/m0/s1. The number of fused-ring (bicyclic) bond motifs is 1. The van der Waals surface area contributed by atoms with E-state index in [1.54, 1.807) is 24.1 Å². The van der Waals surface area contributed by atoms with Crippen molar-refractivity contribution in [3.05, 3.63) is 35.4 Å². The Morgan fingerprint density at radius 2 is 2.05 bits per heavy atom. The van der Waals surface area contributed by atoms with Gasteiger partial charge in [-0.2, -0.15) is 0 Å². The molecule has 1 aromatic carbocycles. The van der Waals surface area contributed by atoms with Gasteiger partial charge in [0.25, 0.3) is 0 Å². The molecular formula is C15H16N2O3. The van der Waals surface area contributed by atoms with E-state index >= 15 is 0 Å². The Morgan fingerprint density at radius 1 is 1.30 bits per heavy atom. The number of likely N-dealkylation sites (tertiary alicyclic amines) is 1. The molecule has 5 nitrogen and oxygen atoms in total. The number of Topliss-reactive ketones (excluding diaryl/α,β-unsaturated/α-hetero) is 1. The molecule has 2 aliphatic rings. The minimum Gasteiger partial charge on any atom is -0.344 e. The Kier molecular flexibility index (Phi) is 3.04. The Morgan fingerprint density at radius 3 is 2.75 bits per heavy atom. The fourth-order valence-electron chi connectivity index (χ4n) is 2.92. The molecule has 3 rings (SSSR count). The average molecular weight is 272 g/mol. The predicted octanol–water partition coefficient (Wildman–Crippen LogP) is 0.703. The van der Waals surface area contributed by atoms with Crippen molar-refractivity contribution in [2.24, 2.45) is 0 Å². The van der Waals surface area contributed by atoms with Crippen molar-refractivity contribution in [1.82, 2.24) is 10.2 Å². The molecule has 0 spiro atoms. The van der Waals surface area contributed by atoms with Crippen LogP contribution in [0.5, 0.6) is 0 Å². The quantitative estimate of drug-likeness (QED) is 0.862. The number of benzene rings is 1. The second-order valence-corrected chi connectivity index (χ2v) is 5.38. The van der Waals surface area contributed by atoms with Crippen molar-refractivity contribution >= 4 is 17.6 Å². The number of amides is 2. The summed E-state index contributed by atoms with van der Waals surface area (Å²) >= 11 is 0. The van der Waals surface area contributed by atoms with Gasteiger partial charge in [-0.3, -0.25) is 14.4 Å². The second kappa shape index (κ2) is 4.74. The molecule has 0 radical (unpaired) electrons. The summed E-state index contributed by atoms with van der Waals surface area (Å²) in [6, 6.07) is 6.74. The van der Waals surface area contributed by atoms with Gasteiger partial charge < -0.3 is 10.2 Å². The number of carbonyl (C=O) groups is 3. The third-order valence-corrected chi connectivity index (χ3v) is 4.09. The van der Waals surface area contributed by atoms with Crippen LogP contribution in [0.15, 0.2) is 24.3 Å². The van der Waals surface area contributed by atoms with E-state index in [1.807, 2.05) is 12.1 Å². The van der Waals surface area contributed by atoms with Crippen molar-refractivity contribution in [2.75, 3.05) is 13.6 Å². The molecule has 1 N–H and O–H groups in total. The third kappa shape index (κ3) is 1.99. The topological polar surface area (TPSA) is 66.5 Å². The molecule has 20 heavy (non-hydrogen) atoms. The maximum Gasteiger partial charge on any atom is 0.244 e. The first kappa shape index (κ1) is 12.8. The first-order chi connectivity index (χ1) is 9.58. The van der Waals surface area contributed by atoms with Gasteiger partial charge in [0.05, 0.1) is 5.92 Å². The molecule has 1 fully saturated rings. The molecule has 1 aliphatic heterocycles. The summed E-state index contributed by atoms with van der Waals surface area (Å²) in [5.74, 6) is -0.749. The van der Waals surface area contributed by atoms with E-state index < -0.39 is 12.0 Å². The molecule has 1 heterocycles. The lowest BCUT2D eigenvalue weighted by molar-refractivity contribution is -0.132. The summed E-state index contributed by atoms with van der Waals surface area (Å²) in [5, 5.41) is 2.78. The number of nitrogens with one attached hydrogen (secondary N) is 1. The van der Waals surface area contributed by atoms with Gasteiger partial charge in [-0.25, -0.2) is 0 Å². The van der Waals surface area contributed by atoms with Crippen LogP contribution in [0.2, 0.25) is 0 Å². The monoisotopic (exact) mass is 272 g/mol. The zero-order valence-electron chi connectivity index (χ0n) is 11.3. The van der Waals surface area contributed by atoms with Crippen LogP contribution in [-0.4, -0.2) is 42.1 Å². The summed E-state index contributed by atoms with van der Waals surface area (Å²) in [7, 11) is 1.73. The molecular weight excluding hydrogens is 256 g/mol. The highest BCUT2D eigenvalue weighted by atomic mass is 16.2. The number of carbonyl (C=O) groups excluding carboxylic acids is 3. The molecule has 1 saturated heterocycles. The number of hydrogen-bond donors (Lipinski definition) is 1. The van der Waals surface area contributed by atoms with E-state index in [4.69, 9.17) is 0 Å². The summed E-state index contributed by atoms with van der Waals surface area (Å²) in [6.07, 6.45) is 0.825. The van der Waals surface area contributed by atoms with Gasteiger partial charge in [-0.1, -0.05) is 24.3 Å². The van der Waals surface area contributed by atoms with Crippen LogP contribution in [0.4, 0.5) is 0 Å². The Balaban J connectivity index is 1.76. The van der Waals surface area contributed by atoms with Crippen LogP contribution < -0.4 is 5.32 Å². The predicted molar refractivity (Wildman–Crippen MR) is 72.3 cm³/mol. The highest BCUT2D eigenvalue weighted by Crippen LogP contribution is 2.33. The average Bonchev–Trinajstić information content (AvgIpc) is 2.94. The second-order valence-electron chi connectivity index (χ2n) is 5.38. The van der Waals surface area contributed by atoms with E-state index in [-0.39, 0.29) is 24.0 Å². The highest BCUT2D eigenvalue weighted by Gasteiger charge is 2.37. The van der Waals surface area contributed by atoms with Gasteiger partial charge in [-0.05, 0) is 12.0 Å². The maximum atomic E-state index is 12.3. The summed E-state index contributed by atoms with van der Waals surface area (Å²) in [6.45, 7) is 0.657. The van der Waals surface area contributed by atoms with E-state index in [0.29, 0.717) is 18.5 Å². The number of hydrogen-bond acceptors (Lipinski definition) is 3. The zero-order chi connectivity index (χ0) is 14.3. The SMILES string of the molecule is CN1CC[C@@H](NC(=O)[C@H]2CC(=O)c3ccccc32)C1=O. The third-order valence-electron chi connectivity index (χ3n) is 4.09. The lowest BCUT2D eigenvalue weighted by atomic mass is 10.00. The van der Waals surface area contributed by atoms with Gasteiger partial charge in [0.2, 0.25) is 11.8 Å². The fraction of sp³-hybridized carbons (Fsp3) is 0.400. The van der Waals surface area contributed by atoms with E-state index in [0.717, 1.165) is 5.56 Å². The van der Waals surface area contributed by atoms with Gasteiger partial charge in [0, 0.05) is 25.6 Å². The Bertz CT molecular complexity index is 597. The lowest BCUT2D eigenvalue weighted by Gasteiger charge is -2.16. The number of rotatable bonds is 2. The van der Waals surface area contributed by atoms with Gasteiger partial charge in [0.1, 0.15) is 6.04 Å². The molecule has 1 aromatic rings. The number of nitrogens with zero attached hydrogens (tertiary/aromatic N) is 1. The van der Waals surface area contributed by atoms with Crippen molar-refractivity contribution in [1.29, 1.82) is 0 Å². The summed E-state index contributed by atoms with van der Waals surface area (Å²) < 4.78 is 0. The fourth-order valence-corrected chi connectivity index (χ4v) is 2.92. The van der Waals surface area contributed by atoms with E-state index in [2.05, 4.69) is 5.32 Å². The lowest BCUT2D eigenvalue weighted by Crippen LogP contribution is -2.42. The summed E-state index contributed by atoms with van der Waals surface area (Å²) in [4.78, 5) is 37.6. The van der Waals surface area contributed by atoms with Gasteiger partial charge in [0.15, 0.2) is 5.78 Å². The minimum atomic E-state index is -0.461. The van der Waals surface area contributed by atoms with Crippen LogP contribution in [0.25, 0.3) is 0 Å². The normalized spacial score (nSPS) is 24.9. The van der Waals surface area contributed by atoms with E-state index in [1.165, 1.54) is 0 Å². The van der Waals surface area contributed by atoms with Crippen LogP contribution >= 0.6 is 0 Å². The molecule has 0 unspecified atom stereocenters. The first-order valence-electron chi connectivity index (χ1n) is 6.75. The van der Waals surface area contributed by atoms with Crippen molar-refractivity contribution in [2.45, 2.75) is 24.8 Å². The van der Waals surface area contributed by atoms with Crippen molar-refractivity contribution in [3.63, 3.8) is 0 Å². The zero-order valence-corrected chi connectivity index (χ0v) is 11.3. The van der Waals surface area contributed by atoms with E-state index in [9.17, 15) is 14.4 Å². The molecule has 2 atom stereocenters. The largest absolute Gasteiger partial charge is 0.344 e. The molecule has 0 saturated carbocycles. The van der Waals surface area contributed by atoms with Crippen LogP contribution in [-0.2, 0) is 9.59 Å². The van der Waals surface area contributed by atoms with Crippen LogP contribution in [0, 0.1) is 0 Å². The van der Waals surface area contributed by atoms with Crippen molar-refractivity contribution < 1.29 is 14.4 Å². The molecule has 1 aliphatic carbocycles. The van der Waals surface area contributed by atoms with Crippen LogP contribution in [0.1, 0.15) is 34.7 Å². The van der Waals surface area contributed by atoms with Crippen LogP contribution in [0.3, 0.4) is 0 Å². The molecule has 0 aromatic heterocycles. The minimum absolute atomic E-state index is 0.00406. The van der Waals surface area contributed by atoms with Gasteiger partial charge in [-0.15, -0.1) is 0 Å². The molecule has 2 amide bonds. The molecule has 5 heteroatoms. The smallest absolute Gasteiger partial charge is 0.244 e. The van der Waals surface area contributed by atoms with Gasteiger partial charge >= 0.3 is 0 Å². The maximum absolute atomic E-state index is 12.3.